The molecule has 0 atom stereocenters. The van der Waals surface area contributed by atoms with Crippen molar-refractivity contribution in [3.05, 3.63) is 11.9 Å². The third kappa shape index (κ3) is 2.25. The van der Waals surface area contributed by atoms with Crippen LogP contribution in [0.2, 0.25) is 0 Å². The van der Waals surface area contributed by atoms with Gasteiger partial charge < -0.3 is 15.3 Å². The topological polar surface area (TPSA) is 100 Å². The van der Waals surface area contributed by atoms with Crippen molar-refractivity contribution < 1.29 is 14.7 Å². The van der Waals surface area contributed by atoms with Gasteiger partial charge in [0.1, 0.15) is 0 Å². The highest BCUT2D eigenvalue weighted by Gasteiger charge is 2.42. The summed E-state index contributed by atoms with van der Waals surface area (Å²) in [6, 6.07) is -0.0480. The molecule has 1 aliphatic carbocycles. The second-order valence-corrected chi connectivity index (χ2v) is 5.44. The van der Waals surface area contributed by atoms with Crippen molar-refractivity contribution in [2.75, 3.05) is 13.1 Å². The van der Waals surface area contributed by atoms with Crippen molar-refractivity contribution in [3.63, 3.8) is 0 Å². The number of amides is 2. The van der Waals surface area contributed by atoms with Gasteiger partial charge in [0.25, 0.3) is 0 Å². The zero-order chi connectivity index (χ0) is 13.6. The molecule has 1 aliphatic heterocycles. The van der Waals surface area contributed by atoms with E-state index in [4.69, 9.17) is 5.11 Å². The molecule has 19 heavy (non-hydrogen) atoms. The molecule has 2 N–H and O–H groups in total. The average molecular weight is 265 g/mol. The molecule has 1 saturated carbocycles. The Morgan fingerprint density at radius 1 is 1.47 bits per heavy atom. The Balaban J connectivity index is 1.54. The number of hydrogen-bond acceptors (Lipinski definition) is 4. The summed E-state index contributed by atoms with van der Waals surface area (Å²) >= 11 is 0. The Hall–Kier alpha value is -2.12. The van der Waals surface area contributed by atoms with Gasteiger partial charge in [-0.1, -0.05) is 5.21 Å². The highest BCUT2D eigenvalue weighted by atomic mass is 16.4. The zero-order valence-corrected chi connectivity index (χ0v) is 10.5. The molecule has 102 valence electrons. The summed E-state index contributed by atoms with van der Waals surface area (Å²) in [4.78, 5) is 24.2. The number of aromatic nitrogens is 3. The Morgan fingerprint density at radius 3 is 2.68 bits per heavy atom. The van der Waals surface area contributed by atoms with Gasteiger partial charge in [-0.2, -0.15) is 0 Å². The van der Waals surface area contributed by atoms with E-state index in [0.29, 0.717) is 13.1 Å². The molecule has 0 spiro atoms. The van der Waals surface area contributed by atoms with E-state index in [0.717, 1.165) is 12.8 Å². The zero-order valence-electron chi connectivity index (χ0n) is 10.5. The molecule has 1 saturated heterocycles. The minimum atomic E-state index is -1.10. The molecular formula is C11H15N5O3. The van der Waals surface area contributed by atoms with E-state index in [9.17, 15) is 9.59 Å². The van der Waals surface area contributed by atoms with Gasteiger partial charge in [-0.15, -0.1) is 5.10 Å². The van der Waals surface area contributed by atoms with Gasteiger partial charge in [0.2, 0.25) is 0 Å². The van der Waals surface area contributed by atoms with Crippen LogP contribution in [0.15, 0.2) is 6.20 Å². The smallest absolute Gasteiger partial charge is 0.358 e. The van der Waals surface area contributed by atoms with Crippen molar-refractivity contribution in [1.82, 2.24) is 25.2 Å². The summed E-state index contributed by atoms with van der Waals surface area (Å²) in [7, 11) is 0. The van der Waals surface area contributed by atoms with Crippen LogP contribution in [0.3, 0.4) is 0 Å². The number of nitrogens with one attached hydrogen (secondary N) is 1. The Kier molecular flexibility index (Phi) is 2.48. The van der Waals surface area contributed by atoms with E-state index in [1.54, 1.807) is 4.90 Å². The summed E-state index contributed by atoms with van der Waals surface area (Å²) in [6.45, 7) is 3.09. The molecule has 0 unspecified atom stereocenters. The van der Waals surface area contributed by atoms with Gasteiger partial charge in [0.05, 0.1) is 12.2 Å². The fourth-order valence-corrected chi connectivity index (χ4v) is 1.99. The summed E-state index contributed by atoms with van der Waals surface area (Å²) in [6.07, 6.45) is 3.45. The number of carboxylic acids is 1. The number of rotatable bonds is 3. The van der Waals surface area contributed by atoms with Gasteiger partial charge in [0.15, 0.2) is 5.69 Å². The average Bonchev–Trinajstić information content (AvgIpc) is 2.81. The minimum Gasteiger partial charge on any atom is -0.476 e. The first kappa shape index (κ1) is 11.9. The van der Waals surface area contributed by atoms with Crippen LogP contribution in [0.4, 0.5) is 4.79 Å². The maximum atomic E-state index is 11.8. The SMILES string of the molecule is CC1(NC(=O)N2CC(n3cc(C(=O)O)nn3)C2)CC1. The molecule has 2 heterocycles. The monoisotopic (exact) mass is 265 g/mol. The molecule has 1 aromatic heterocycles. The predicted molar refractivity (Wildman–Crippen MR) is 63.8 cm³/mol. The lowest BCUT2D eigenvalue weighted by molar-refractivity contribution is 0.0690. The molecule has 2 amide bonds. The summed E-state index contributed by atoms with van der Waals surface area (Å²) in [5, 5.41) is 19.1. The second kappa shape index (κ2) is 3.94. The van der Waals surface area contributed by atoms with Crippen LogP contribution < -0.4 is 5.32 Å². The summed E-state index contributed by atoms with van der Waals surface area (Å²) < 4.78 is 1.51. The van der Waals surface area contributed by atoms with Crippen LogP contribution in [-0.2, 0) is 0 Å². The van der Waals surface area contributed by atoms with Crippen LogP contribution in [0.1, 0.15) is 36.3 Å². The molecule has 3 rings (SSSR count). The van der Waals surface area contributed by atoms with Crippen LogP contribution >= 0.6 is 0 Å². The van der Waals surface area contributed by atoms with Crippen LogP contribution in [0.5, 0.6) is 0 Å². The second-order valence-electron chi connectivity index (χ2n) is 5.44. The first-order valence-corrected chi connectivity index (χ1v) is 6.19. The van der Waals surface area contributed by atoms with Crippen molar-refractivity contribution in [2.45, 2.75) is 31.3 Å². The summed E-state index contributed by atoms with van der Waals surface area (Å²) in [5.74, 6) is -1.10. The van der Waals surface area contributed by atoms with Gasteiger partial charge >= 0.3 is 12.0 Å². The number of carbonyl (C=O) groups is 2. The first-order valence-electron chi connectivity index (χ1n) is 6.19. The third-order valence-corrected chi connectivity index (χ3v) is 3.66. The molecule has 0 radical (unpaired) electrons. The molecular weight excluding hydrogens is 250 g/mol. The number of likely N-dealkylation sites (tertiary alicyclic amines) is 1. The van der Waals surface area contributed by atoms with Crippen LogP contribution in [0.25, 0.3) is 0 Å². The number of carboxylic acid groups (broad SMARTS) is 1. The first-order chi connectivity index (χ1) is 8.97. The van der Waals surface area contributed by atoms with Crippen molar-refractivity contribution in [3.8, 4) is 0 Å². The fourth-order valence-electron chi connectivity index (χ4n) is 1.99. The Labute approximate surface area is 109 Å². The maximum Gasteiger partial charge on any atom is 0.358 e. The number of aromatic carboxylic acids is 1. The molecule has 0 bridgehead atoms. The number of nitrogens with zero attached hydrogens (tertiary/aromatic N) is 4. The Morgan fingerprint density at radius 2 is 2.16 bits per heavy atom. The van der Waals surface area contributed by atoms with E-state index in [2.05, 4.69) is 15.6 Å². The number of hydrogen-bond donors (Lipinski definition) is 2. The lowest BCUT2D eigenvalue weighted by atomic mass is 10.1. The normalized spacial score (nSPS) is 20.8. The van der Waals surface area contributed by atoms with E-state index in [1.807, 2.05) is 6.92 Å². The molecule has 1 aromatic rings. The van der Waals surface area contributed by atoms with Gasteiger partial charge in [0, 0.05) is 18.6 Å². The standard InChI is InChI=1S/C11H15N5O3/c1-11(2-3-11)12-10(19)15-4-7(5-15)16-6-8(9(17)18)13-14-16/h6-7H,2-5H2,1H3,(H,12,19)(H,17,18). The lowest BCUT2D eigenvalue weighted by Crippen LogP contribution is -2.56. The third-order valence-electron chi connectivity index (χ3n) is 3.66. The van der Waals surface area contributed by atoms with E-state index in [-0.39, 0.29) is 23.3 Å². The highest BCUT2D eigenvalue weighted by molar-refractivity contribution is 5.84. The van der Waals surface area contributed by atoms with E-state index < -0.39 is 5.97 Å². The van der Waals surface area contributed by atoms with Crippen LogP contribution in [-0.4, -0.2) is 55.6 Å². The maximum absolute atomic E-state index is 11.8. The Bertz CT molecular complexity index is 530. The van der Waals surface area contributed by atoms with E-state index in [1.165, 1.54) is 10.9 Å². The summed E-state index contributed by atoms with van der Waals surface area (Å²) in [5.41, 5.74) is -0.0975. The highest BCUT2D eigenvalue weighted by Crippen LogP contribution is 2.35. The molecule has 2 fully saturated rings. The lowest BCUT2D eigenvalue weighted by Gasteiger charge is -2.39. The van der Waals surface area contributed by atoms with Gasteiger partial charge in [-0.05, 0) is 19.8 Å². The molecule has 0 aromatic carbocycles. The fraction of sp³-hybridized carbons (Fsp3) is 0.636. The number of carbonyl (C=O) groups excluding carboxylic acids is 1. The molecule has 8 nitrogen and oxygen atoms in total. The largest absolute Gasteiger partial charge is 0.476 e. The molecule has 2 aliphatic rings. The van der Waals surface area contributed by atoms with E-state index >= 15 is 0 Å². The number of urea groups is 1. The van der Waals surface area contributed by atoms with Crippen molar-refractivity contribution >= 4 is 12.0 Å². The quantitative estimate of drug-likeness (QED) is 0.807. The van der Waals surface area contributed by atoms with Crippen LogP contribution in [0, 0.1) is 0 Å². The minimum absolute atomic E-state index is 0.0124. The van der Waals surface area contributed by atoms with Gasteiger partial charge in [-0.3, -0.25) is 0 Å². The van der Waals surface area contributed by atoms with Crippen molar-refractivity contribution in [2.24, 2.45) is 0 Å². The molecule has 8 heteroatoms. The predicted octanol–water partition coefficient (Wildman–Crippen LogP) is 0.0951. The van der Waals surface area contributed by atoms with Gasteiger partial charge in [-0.25, -0.2) is 14.3 Å². The van der Waals surface area contributed by atoms with Crippen molar-refractivity contribution in [1.29, 1.82) is 0 Å².